The molecule has 0 bridgehead atoms. The van der Waals surface area contributed by atoms with Crippen molar-refractivity contribution >= 4 is 17.7 Å². The monoisotopic (exact) mass is 344 g/mol. The smallest absolute Gasteiger partial charge is 0.404 e. The summed E-state index contributed by atoms with van der Waals surface area (Å²) in [4.78, 5) is 24.2. The first-order chi connectivity index (χ1) is 12.0. The Morgan fingerprint density at radius 2 is 2.04 bits per heavy atom. The second-order valence-electron chi connectivity index (χ2n) is 5.77. The molecule has 2 amide bonds. The molecular formula is C18H17FN2O4. The SMILES string of the molecule is O=C(O)N[C@@H]1CC(=O)N(c2ccc(OCc3cccc(F)c3)cc2)C1. The third-order valence-corrected chi connectivity index (χ3v) is 3.90. The summed E-state index contributed by atoms with van der Waals surface area (Å²) in [6.45, 7) is 0.541. The van der Waals surface area contributed by atoms with E-state index >= 15 is 0 Å². The maximum absolute atomic E-state index is 13.1. The van der Waals surface area contributed by atoms with Crippen molar-refractivity contribution in [2.75, 3.05) is 11.4 Å². The van der Waals surface area contributed by atoms with Crippen LogP contribution in [-0.4, -0.2) is 29.7 Å². The summed E-state index contributed by atoms with van der Waals surface area (Å²) in [7, 11) is 0. The first kappa shape index (κ1) is 16.8. The molecule has 0 radical (unpaired) electrons. The van der Waals surface area contributed by atoms with Crippen LogP contribution in [-0.2, 0) is 11.4 Å². The predicted molar refractivity (Wildman–Crippen MR) is 89.1 cm³/mol. The minimum atomic E-state index is -1.14. The zero-order valence-electron chi connectivity index (χ0n) is 13.3. The Kier molecular flexibility index (Phi) is 4.83. The molecule has 1 aliphatic rings. The maximum Gasteiger partial charge on any atom is 0.404 e. The van der Waals surface area contributed by atoms with Crippen molar-refractivity contribution in [3.05, 3.63) is 59.9 Å². The highest BCUT2D eigenvalue weighted by atomic mass is 19.1. The van der Waals surface area contributed by atoms with Crippen molar-refractivity contribution in [3.8, 4) is 5.75 Å². The number of hydrogen-bond donors (Lipinski definition) is 2. The van der Waals surface area contributed by atoms with Crippen LogP contribution < -0.4 is 15.0 Å². The molecule has 25 heavy (non-hydrogen) atoms. The number of rotatable bonds is 5. The lowest BCUT2D eigenvalue weighted by Crippen LogP contribution is -2.36. The lowest BCUT2D eigenvalue weighted by atomic mass is 10.2. The van der Waals surface area contributed by atoms with Crippen LogP contribution in [0.2, 0.25) is 0 Å². The molecular weight excluding hydrogens is 327 g/mol. The Bertz CT molecular complexity index is 779. The van der Waals surface area contributed by atoms with Crippen LogP contribution in [0.3, 0.4) is 0 Å². The average molecular weight is 344 g/mol. The molecule has 7 heteroatoms. The number of amides is 2. The topological polar surface area (TPSA) is 78.9 Å². The summed E-state index contributed by atoms with van der Waals surface area (Å²) in [5, 5.41) is 11.1. The van der Waals surface area contributed by atoms with Crippen LogP contribution in [0, 0.1) is 5.82 Å². The Labute approximate surface area is 143 Å². The molecule has 0 aromatic heterocycles. The van der Waals surface area contributed by atoms with Crippen molar-refractivity contribution in [2.45, 2.75) is 19.1 Å². The molecule has 1 atom stereocenters. The van der Waals surface area contributed by atoms with Gasteiger partial charge in [0.15, 0.2) is 0 Å². The predicted octanol–water partition coefficient (Wildman–Crippen LogP) is 2.78. The van der Waals surface area contributed by atoms with Gasteiger partial charge in [0.2, 0.25) is 5.91 Å². The number of ether oxygens (including phenoxy) is 1. The minimum Gasteiger partial charge on any atom is -0.489 e. The van der Waals surface area contributed by atoms with Gasteiger partial charge in [-0.25, -0.2) is 9.18 Å². The van der Waals surface area contributed by atoms with Gasteiger partial charge in [0.1, 0.15) is 18.2 Å². The number of nitrogens with zero attached hydrogens (tertiary/aromatic N) is 1. The van der Waals surface area contributed by atoms with Crippen LogP contribution in [0.15, 0.2) is 48.5 Å². The van der Waals surface area contributed by atoms with E-state index in [1.165, 1.54) is 17.0 Å². The summed E-state index contributed by atoms with van der Waals surface area (Å²) in [6, 6.07) is 12.7. The summed E-state index contributed by atoms with van der Waals surface area (Å²) in [5.74, 6) is 0.153. The van der Waals surface area contributed by atoms with Gasteiger partial charge in [-0.15, -0.1) is 0 Å². The first-order valence-electron chi connectivity index (χ1n) is 7.78. The van der Waals surface area contributed by atoms with Crippen LogP contribution in [0.5, 0.6) is 5.75 Å². The number of carbonyl (C=O) groups is 2. The summed E-state index contributed by atoms with van der Waals surface area (Å²) >= 11 is 0. The fraction of sp³-hybridized carbons (Fsp3) is 0.222. The minimum absolute atomic E-state index is 0.132. The highest BCUT2D eigenvalue weighted by Crippen LogP contribution is 2.24. The molecule has 0 saturated carbocycles. The van der Waals surface area contributed by atoms with Gasteiger partial charge in [0, 0.05) is 18.7 Å². The van der Waals surface area contributed by atoms with Crippen molar-refractivity contribution in [2.24, 2.45) is 0 Å². The molecule has 1 fully saturated rings. The van der Waals surface area contributed by atoms with Gasteiger partial charge in [0.05, 0.1) is 6.04 Å². The third-order valence-electron chi connectivity index (χ3n) is 3.90. The first-order valence-corrected chi connectivity index (χ1v) is 7.78. The molecule has 1 heterocycles. The van der Waals surface area contributed by atoms with E-state index in [1.54, 1.807) is 36.4 Å². The van der Waals surface area contributed by atoms with E-state index in [2.05, 4.69) is 5.32 Å². The fourth-order valence-corrected chi connectivity index (χ4v) is 2.74. The molecule has 0 aliphatic carbocycles. The number of nitrogens with one attached hydrogen (secondary N) is 1. The lowest BCUT2D eigenvalue weighted by molar-refractivity contribution is -0.117. The second kappa shape index (κ2) is 7.21. The number of benzene rings is 2. The number of carboxylic acid groups (broad SMARTS) is 1. The average Bonchev–Trinajstić information content (AvgIpc) is 2.93. The van der Waals surface area contributed by atoms with E-state index in [0.717, 1.165) is 5.56 Å². The van der Waals surface area contributed by atoms with Gasteiger partial charge in [-0.05, 0) is 42.0 Å². The van der Waals surface area contributed by atoms with Gasteiger partial charge in [-0.3, -0.25) is 4.79 Å². The van der Waals surface area contributed by atoms with E-state index in [-0.39, 0.29) is 24.8 Å². The van der Waals surface area contributed by atoms with E-state index in [9.17, 15) is 14.0 Å². The number of halogens is 1. The molecule has 2 aromatic carbocycles. The van der Waals surface area contributed by atoms with Gasteiger partial charge >= 0.3 is 6.09 Å². The highest BCUT2D eigenvalue weighted by Gasteiger charge is 2.31. The van der Waals surface area contributed by atoms with Gasteiger partial charge in [-0.1, -0.05) is 12.1 Å². The molecule has 130 valence electrons. The molecule has 2 aromatic rings. The number of carbonyl (C=O) groups excluding carboxylic acids is 1. The van der Waals surface area contributed by atoms with E-state index in [1.807, 2.05) is 0 Å². The lowest BCUT2D eigenvalue weighted by Gasteiger charge is -2.17. The maximum atomic E-state index is 13.1. The molecule has 2 N–H and O–H groups in total. The summed E-state index contributed by atoms with van der Waals surface area (Å²) in [6.07, 6.45) is -0.995. The fourth-order valence-electron chi connectivity index (χ4n) is 2.74. The van der Waals surface area contributed by atoms with Gasteiger partial charge in [-0.2, -0.15) is 0 Å². The van der Waals surface area contributed by atoms with Gasteiger partial charge in [0.25, 0.3) is 0 Å². The van der Waals surface area contributed by atoms with Crippen molar-refractivity contribution < 1.29 is 23.8 Å². The Morgan fingerprint density at radius 3 is 2.72 bits per heavy atom. The second-order valence-corrected chi connectivity index (χ2v) is 5.77. The van der Waals surface area contributed by atoms with E-state index in [4.69, 9.17) is 9.84 Å². The van der Waals surface area contributed by atoms with Gasteiger partial charge < -0.3 is 20.1 Å². The quantitative estimate of drug-likeness (QED) is 0.874. The normalized spacial score (nSPS) is 16.8. The third kappa shape index (κ3) is 4.26. The van der Waals surface area contributed by atoms with Crippen molar-refractivity contribution in [3.63, 3.8) is 0 Å². The van der Waals surface area contributed by atoms with Crippen molar-refractivity contribution in [1.82, 2.24) is 5.32 Å². The Hall–Kier alpha value is -3.09. The largest absolute Gasteiger partial charge is 0.489 e. The van der Waals surface area contributed by atoms with Crippen LogP contribution in [0.25, 0.3) is 0 Å². The molecule has 6 nitrogen and oxygen atoms in total. The molecule has 3 rings (SSSR count). The van der Waals surface area contributed by atoms with E-state index < -0.39 is 12.1 Å². The molecule has 0 spiro atoms. The van der Waals surface area contributed by atoms with Crippen LogP contribution >= 0.6 is 0 Å². The highest BCUT2D eigenvalue weighted by molar-refractivity contribution is 5.96. The molecule has 0 unspecified atom stereocenters. The Balaban J connectivity index is 1.60. The van der Waals surface area contributed by atoms with E-state index in [0.29, 0.717) is 18.0 Å². The zero-order chi connectivity index (χ0) is 17.8. The molecule has 1 saturated heterocycles. The zero-order valence-corrected chi connectivity index (χ0v) is 13.3. The van der Waals surface area contributed by atoms with Crippen LogP contribution in [0.4, 0.5) is 14.9 Å². The number of anilines is 1. The summed E-state index contributed by atoms with van der Waals surface area (Å²) in [5.41, 5.74) is 1.40. The standard InChI is InChI=1S/C18H17FN2O4/c19-13-3-1-2-12(8-13)11-25-16-6-4-15(5-7-16)21-10-14(9-17(21)22)20-18(23)24/h1-8,14,20H,9-11H2,(H,23,24)/t14-/m1/s1. The molecule has 1 aliphatic heterocycles. The van der Waals surface area contributed by atoms with Crippen LogP contribution in [0.1, 0.15) is 12.0 Å². The van der Waals surface area contributed by atoms with Crippen molar-refractivity contribution in [1.29, 1.82) is 0 Å². The number of hydrogen-bond acceptors (Lipinski definition) is 3. The summed E-state index contributed by atoms with van der Waals surface area (Å²) < 4.78 is 18.7. The Morgan fingerprint density at radius 1 is 1.28 bits per heavy atom.